The smallest absolute Gasteiger partial charge is 0.323 e. The van der Waals surface area contributed by atoms with Crippen molar-refractivity contribution in [1.29, 1.82) is 0 Å². The molecule has 0 aromatic carbocycles. The lowest BCUT2D eigenvalue weighted by Crippen LogP contribution is -2.63. The Hall–Kier alpha value is -1.26. The number of rotatable bonds is 3. The second-order valence-corrected chi connectivity index (χ2v) is 6.68. The molecule has 0 spiro atoms. The Bertz CT molecular complexity index is 372. The number of hydrogen-bond donors (Lipinski definition) is 2. The Balaban J connectivity index is 1.88. The van der Waals surface area contributed by atoms with Crippen molar-refractivity contribution in [3.05, 3.63) is 0 Å². The van der Waals surface area contributed by atoms with Crippen LogP contribution in [0.15, 0.2) is 0 Å². The van der Waals surface area contributed by atoms with Crippen LogP contribution in [0.5, 0.6) is 0 Å². The maximum atomic E-state index is 12.1. The van der Waals surface area contributed by atoms with Crippen LogP contribution >= 0.6 is 0 Å². The summed E-state index contributed by atoms with van der Waals surface area (Å²) in [6, 6.07) is -0.232. The molecular weight excluding hydrogens is 244 g/mol. The Morgan fingerprint density at radius 1 is 1.16 bits per heavy atom. The average Bonchev–Trinajstić information content (AvgIpc) is 2.33. The molecule has 4 aliphatic rings. The fourth-order valence-electron chi connectivity index (χ4n) is 5.12. The van der Waals surface area contributed by atoms with Crippen LogP contribution in [0.4, 0.5) is 4.79 Å². The van der Waals surface area contributed by atoms with Crippen LogP contribution in [0.2, 0.25) is 0 Å². The molecule has 4 saturated carbocycles. The average molecular weight is 266 g/mol. The number of nitrogens with zero attached hydrogens (tertiary/aromatic N) is 1. The summed E-state index contributed by atoms with van der Waals surface area (Å²) in [7, 11) is 1.58. The standard InChI is InChI=1S/C14H22N2O3/c1-15-13(19)16(8-12(17)18)14-5-9-2-10(6-14)4-11(3-9)7-14/h9-11H,2-8H2,1H3,(H,15,19)(H,17,18). The van der Waals surface area contributed by atoms with Gasteiger partial charge in [0.05, 0.1) is 0 Å². The number of carboxylic acids is 1. The second-order valence-electron chi connectivity index (χ2n) is 6.68. The zero-order chi connectivity index (χ0) is 13.6. The molecule has 2 amide bonds. The maximum Gasteiger partial charge on any atom is 0.323 e. The molecule has 4 bridgehead atoms. The van der Waals surface area contributed by atoms with E-state index >= 15 is 0 Å². The van der Waals surface area contributed by atoms with Gasteiger partial charge in [0, 0.05) is 12.6 Å². The predicted octanol–water partition coefficient (Wildman–Crippen LogP) is 1.68. The minimum absolute atomic E-state index is 0.175. The molecule has 19 heavy (non-hydrogen) atoms. The normalized spacial score (nSPS) is 39.1. The van der Waals surface area contributed by atoms with Crippen molar-refractivity contribution in [1.82, 2.24) is 10.2 Å². The Morgan fingerprint density at radius 2 is 1.63 bits per heavy atom. The third kappa shape index (κ3) is 2.09. The first-order valence-corrected chi connectivity index (χ1v) is 7.23. The van der Waals surface area contributed by atoms with Crippen molar-refractivity contribution in [3.8, 4) is 0 Å². The zero-order valence-corrected chi connectivity index (χ0v) is 11.4. The van der Waals surface area contributed by atoms with E-state index in [4.69, 9.17) is 5.11 Å². The number of urea groups is 1. The van der Waals surface area contributed by atoms with E-state index in [0.29, 0.717) is 17.8 Å². The first kappa shape index (κ1) is 12.8. The Kier molecular flexibility index (Phi) is 2.95. The van der Waals surface area contributed by atoms with Gasteiger partial charge in [0.2, 0.25) is 0 Å². The molecular formula is C14H22N2O3. The Labute approximate surface area is 113 Å². The topological polar surface area (TPSA) is 69.6 Å². The highest BCUT2D eigenvalue weighted by Gasteiger charge is 2.54. The summed E-state index contributed by atoms with van der Waals surface area (Å²) in [6.45, 7) is -0.175. The van der Waals surface area contributed by atoms with Crippen molar-refractivity contribution < 1.29 is 14.7 Å². The molecule has 5 nitrogen and oxygen atoms in total. The van der Waals surface area contributed by atoms with E-state index < -0.39 is 5.97 Å². The van der Waals surface area contributed by atoms with Crippen LogP contribution in [0.1, 0.15) is 38.5 Å². The molecule has 4 rings (SSSR count). The zero-order valence-electron chi connectivity index (χ0n) is 11.4. The van der Waals surface area contributed by atoms with Gasteiger partial charge in [-0.25, -0.2) is 4.79 Å². The number of carboxylic acid groups (broad SMARTS) is 1. The number of hydrogen-bond acceptors (Lipinski definition) is 2. The highest BCUT2D eigenvalue weighted by molar-refractivity contribution is 5.80. The molecule has 5 heteroatoms. The number of aliphatic carboxylic acids is 1. The summed E-state index contributed by atoms with van der Waals surface area (Å²) in [4.78, 5) is 24.8. The molecule has 106 valence electrons. The highest BCUT2D eigenvalue weighted by atomic mass is 16.4. The summed E-state index contributed by atoms with van der Waals surface area (Å²) in [5.74, 6) is 1.19. The van der Waals surface area contributed by atoms with E-state index in [2.05, 4.69) is 5.32 Å². The molecule has 0 saturated heterocycles. The summed E-state index contributed by atoms with van der Waals surface area (Å²) >= 11 is 0. The van der Waals surface area contributed by atoms with Crippen LogP contribution in [-0.4, -0.2) is 41.1 Å². The van der Waals surface area contributed by atoms with Crippen LogP contribution in [0.25, 0.3) is 0 Å². The molecule has 0 aliphatic heterocycles. The first-order valence-electron chi connectivity index (χ1n) is 7.23. The molecule has 2 N–H and O–H groups in total. The van der Waals surface area contributed by atoms with Gasteiger partial charge in [0.15, 0.2) is 0 Å². The van der Waals surface area contributed by atoms with Gasteiger partial charge in [-0.05, 0) is 56.3 Å². The Morgan fingerprint density at radius 3 is 2.00 bits per heavy atom. The monoisotopic (exact) mass is 266 g/mol. The SMILES string of the molecule is CNC(=O)N(CC(=O)O)C12CC3CC(CC(C3)C1)C2. The molecule has 4 fully saturated rings. The largest absolute Gasteiger partial charge is 0.480 e. The van der Waals surface area contributed by atoms with Crippen LogP contribution in [-0.2, 0) is 4.79 Å². The van der Waals surface area contributed by atoms with E-state index in [1.165, 1.54) is 19.3 Å². The van der Waals surface area contributed by atoms with Crippen molar-refractivity contribution >= 4 is 12.0 Å². The summed E-state index contributed by atoms with van der Waals surface area (Å²) in [5.41, 5.74) is -0.187. The van der Waals surface area contributed by atoms with E-state index in [9.17, 15) is 9.59 Å². The fourth-order valence-corrected chi connectivity index (χ4v) is 5.12. The van der Waals surface area contributed by atoms with Gasteiger partial charge in [-0.15, -0.1) is 0 Å². The minimum atomic E-state index is -0.917. The van der Waals surface area contributed by atoms with Crippen molar-refractivity contribution in [2.24, 2.45) is 17.8 Å². The minimum Gasteiger partial charge on any atom is -0.480 e. The molecule has 0 aromatic rings. The second kappa shape index (κ2) is 4.39. The van der Waals surface area contributed by atoms with Crippen molar-refractivity contribution in [3.63, 3.8) is 0 Å². The molecule has 0 heterocycles. The van der Waals surface area contributed by atoms with Crippen LogP contribution in [0, 0.1) is 17.8 Å². The van der Waals surface area contributed by atoms with Gasteiger partial charge < -0.3 is 15.3 Å². The van der Waals surface area contributed by atoms with E-state index in [-0.39, 0.29) is 18.1 Å². The van der Waals surface area contributed by atoms with E-state index in [1.54, 1.807) is 11.9 Å². The molecule has 0 atom stereocenters. The molecule has 0 radical (unpaired) electrons. The van der Waals surface area contributed by atoms with Gasteiger partial charge in [0.25, 0.3) is 0 Å². The lowest BCUT2D eigenvalue weighted by molar-refractivity contribution is -0.142. The van der Waals surface area contributed by atoms with Gasteiger partial charge in [0.1, 0.15) is 6.54 Å². The quantitative estimate of drug-likeness (QED) is 0.816. The van der Waals surface area contributed by atoms with Crippen molar-refractivity contribution in [2.45, 2.75) is 44.1 Å². The fraction of sp³-hybridized carbons (Fsp3) is 0.857. The third-order valence-corrected chi connectivity index (χ3v) is 5.33. The van der Waals surface area contributed by atoms with E-state index in [1.807, 2.05) is 0 Å². The lowest BCUT2D eigenvalue weighted by Gasteiger charge is -2.60. The van der Waals surface area contributed by atoms with Gasteiger partial charge in [-0.2, -0.15) is 0 Å². The number of carbonyl (C=O) groups is 2. The lowest BCUT2D eigenvalue weighted by atomic mass is 9.52. The summed E-state index contributed by atoms with van der Waals surface area (Å²) in [6.07, 6.45) is 6.86. The van der Waals surface area contributed by atoms with Crippen molar-refractivity contribution in [2.75, 3.05) is 13.6 Å². The summed E-state index contributed by atoms with van der Waals surface area (Å²) in [5, 5.41) is 11.7. The van der Waals surface area contributed by atoms with Gasteiger partial charge >= 0.3 is 12.0 Å². The highest BCUT2D eigenvalue weighted by Crippen LogP contribution is 2.57. The van der Waals surface area contributed by atoms with Crippen LogP contribution < -0.4 is 5.32 Å². The number of nitrogens with one attached hydrogen (secondary N) is 1. The van der Waals surface area contributed by atoms with Gasteiger partial charge in [-0.3, -0.25) is 4.79 Å². The molecule has 0 aromatic heterocycles. The molecule has 4 aliphatic carbocycles. The third-order valence-electron chi connectivity index (χ3n) is 5.33. The van der Waals surface area contributed by atoms with E-state index in [0.717, 1.165) is 19.3 Å². The summed E-state index contributed by atoms with van der Waals surface area (Å²) < 4.78 is 0. The number of carbonyl (C=O) groups excluding carboxylic acids is 1. The predicted molar refractivity (Wildman–Crippen MR) is 69.7 cm³/mol. The maximum absolute atomic E-state index is 12.1. The van der Waals surface area contributed by atoms with Crippen LogP contribution in [0.3, 0.4) is 0 Å². The number of amides is 2. The van der Waals surface area contributed by atoms with Gasteiger partial charge in [-0.1, -0.05) is 0 Å². The first-order chi connectivity index (χ1) is 9.02. The molecule has 0 unspecified atom stereocenters.